The van der Waals surface area contributed by atoms with Crippen LogP contribution in [0.15, 0.2) is 42.6 Å². The van der Waals surface area contributed by atoms with Crippen LogP contribution in [0.4, 0.5) is 24.8 Å². The topological polar surface area (TPSA) is 117 Å². The maximum atomic E-state index is 15.1. The van der Waals surface area contributed by atoms with E-state index >= 15 is 8.78 Å². The molecule has 11 heteroatoms. The minimum Gasteiger partial charge on any atom is -0.478 e. The zero-order valence-electron chi connectivity index (χ0n) is 15.3. The molecule has 0 saturated heterocycles. The number of anilines is 2. The Morgan fingerprint density at radius 2 is 1.97 bits per heavy atom. The highest BCUT2D eigenvalue weighted by Crippen LogP contribution is 2.35. The van der Waals surface area contributed by atoms with Crippen molar-refractivity contribution in [3.63, 3.8) is 0 Å². The Bertz CT molecular complexity index is 1260. The lowest BCUT2D eigenvalue weighted by Gasteiger charge is -2.17. The first-order chi connectivity index (χ1) is 14.2. The second kappa shape index (κ2) is 7.10. The lowest BCUT2D eigenvalue weighted by atomic mass is 10.1. The standard InChI is InChI=1S/C19H13F3N6O2/c1-9-6-15(28-27-9)25-16-12-4-2-10(17(29)30)7-13(12)24-18(26-16)19(21,22)14-5-3-11(20)8-23-14/h2-8H,1H3,(H,29,30)(H2,24,25,26,27,28). The number of nitrogens with one attached hydrogen (secondary N) is 2. The van der Waals surface area contributed by atoms with Gasteiger partial charge in [-0.25, -0.2) is 19.2 Å². The second-order valence-corrected chi connectivity index (χ2v) is 6.43. The van der Waals surface area contributed by atoms with Crippen LogP contribution in [0, 0.1) is 12.7 Å². The number of aryl methyl sites for hydroxylation is 1. The Morgan fingerprint density at radius 3 is 2.60 bits per heavy atom. The third-order valence-corrected chi connectivity index (χ3v) is 4.23. The van der Waals surface area contributed by atoms with E-state index in [1.807, 2.05) is 0 Å². The molecule has 3 aromatic heterocycles. The smallest absolute Gasteiger partial charge is 0.348 e. The molecule has 0 aliphatic carbocycles. The fourth-order valence-electron chi connectivity index (χ4n) is 2.78. The number of nitrogens with zero attached hydrogens (tertiary/aromatic N) is 4. The molecule has 0 fully saturated rings. The van der Waals surface area contributed by atoms with Gasteiger partial charge < -0.3 is 10.4 Å². The van der Waals surface area contributed by atoms with E-state index in [1.54, 1.807) is 13.0 Å². The summed E-state index contributed by atoms with van der Waals surface area (Å²) in [5.74, 6) is -6.37. The van der Waals surface area contributed by atoms with Gasteiger partial charge in [-0.3, -0.25) is 10.1 Å². The van der Waals surface area contributed by atoms with Crippen LogP contribution in [0.1, 0.15) is 27.6 Å². The lowest BCUT2D eigenvalue weighted by molar-refractivity contribution is 0.0285. The monoisotopic (exact) mass is 414 g/mol. The quantitative estimate of drug-likeness (QED) is 0.455. The van der Waals surface area contributed by atoms with Crippen molar-refractivity contribution in [3.8, 4) is 0 Å². The summed E-state index contributed by atoms with van der Waals surface area (Å²) < 4.78 is 43.2. The zero-order valence-corrected chi connectivity index (χ0v) is 15.3. The van der Waals surface area contributed by atoms with Gasteiger partial charge in [-0.15, -0.1) is 0 Å². The van der Waals surface area contributed by atoms with Crippen LogP contribution in [-0.4, -0.2) is 36.2 Å². The molecule has 3 heterocycles. The minimum atomic E-state index is -3.76. The molecule has 0 unspecified atom stereocenters. The van der Waals surface area contributed by atoms with Gasteiger partial charge in [0.25, 0.3) is 0 Å². The lowest BCUT2D eigenvalue weighted by Crippen LogP contribution is -2.21. The van der Waals surface area contributed by atoms with Gasteiger partial charge in [0.1, 0.15) is 17.3 Å². The molecular formula is C19H13F3N6O2. The highest BCUT2D eigenvalue weighted by molar-refractivity contribution is 5.97. The average Bonchev–Trinajstić information content (AvgIpc) is 3.12. The first kappa shape index (κ1) is 19.3. The second-order valence-electron chi connectivity index (χ2n) is 6.43. The van der Waals surface area contributed by atoms with E-state index < -0.39 is 29.2 Å². The summed E-state index contributed by atoms with van der Waals surface area (Å²) in [6.07, 6.45) is 0.665. The number of H-pyrrole nitrogens is 1. The van der Waals surface area contributed by atoms with Crippen LogP contribution in [0.2, 0.25) is 0 Å². The number of carboxylic acids is 1. The highest BCUT2D eigenvalue weighted by atomic mass is 19.3. The number of aromatic nitrogens is 5. The fourth-order valence-corrected chi connectivity index (χ4v) is 2.78. The van der Waals surface area contributed by atoms with E-state index in [9.17, 15) is 14.3 Å². The SMILES string of the molecule is Cc1cc(Nc2nc(C(F)(F)c3ccc(F)cn3)nc3cc(C(=O)O)ccc23)n[nH]1. The van der Waals surface area contributed by atoms with E-state index in [0.717, 1.165) is 23.9 Å². The number of halogens is 3. The van der Waals surface area contributed by atoms with Crippen molar-refractivity contribution in [1.29, 1.82) is 0 Å². The Morgan fingerprint density at radius 1 is 1.17 bits per heavy atom. The third-order valence-electron chi connectivity index (χ3n) is 4.23. The molecule has 0 bridgehead atoms. The van der Waals surface area contributed by atoms with E-state index in [4.69, 9.17) is 0 Å². The predicted octanol–water partition coefficient (Wildman–Crippen LogP) is 3.78. The molecule has 4 rings (SSSR count). The number of benzene rings is 1. The maximum absolute atomic E-state index is 15.1. The molecule has 1 aromatic carbocycles. The summed E-state index contributed by atoms with van der Waals surface area (Å²) in [5.41, 5.74) is -0.169. The molecular weight excluding hydrogens is 401 g/mol. The first-order valence-electron chi connectivity index (χ1n) is 8.58. The van der Waals surface area contributed by atoms with E-state index in [2.05, 4.69) is 30.5 Å². The molecule has 0 aliphatic rings. The number of fused-ring (bicyclic) bond motifs is 1. The van der Waals surface area contributed by atoms with Gasteiger partial charge in [-0.1, -0.05) is 0 Å². The Kier molecular flexibility index (Phi) is 4.57. The van der Waals surface area contributed by atoms with Crippen molar-refractivity contribution < 1.29 is 23.1 Å². The van der Waals surface area contributed by atoms with Gasteiger partial charge >= 0.3 is 11.9 Å². The normalized spacial score (nSPS) is 11.6. The number of carboxylic acid groups (broad SMARTS) is 1. The van der Waals surface area contributed by atoms with Crippen molar-refractivity contribution in [1.82, 2.24) is 25.1 Å². The molecule has 8 nitrogen and oxygen atoms in total. The summed E-state index contributed by atoms with van der Waals surface area (Å²) in [7, 11) is 0. The number of pyridine rings is 1. The molecule has 0 spiro atoms. The summed E-state index contributed by atoms with van der Waals surface area (Å²) in [5, 5.41) is 19.1. The first-order valence-corrected chi connectivity index (χ1v) is 8.58. The van der Waals surface area contributed by atoms with Crippen LogP contribution in [-0.2, 0) is 5.92 Å². The van der Waals surface area contributed by atoms with Gasteiger partial charge in [0.15, 0.2) is 5.82 Å². The number of carbonyl (C=O) groups is 1. The van der Waals surface area contributed by atoms with E-state index in [0.29, 0.717) is 17.4 Å². The van der Waals surface area contributed by atoms with Crippen LogP contribution in [0.5, 0.6) is 0 Å². The molecule has 152 valence electrons. The van der Waals surface area contributed by atoms with Crippen molar-refractivity contribution in [2.75, 3.05) is 5.32 Å². The van der Waals surface area contributed by atoms with Gasteiger partial charge in [0.2, 0.25) is 5.82 Å². The number of hydrogen-bond donors (Lipinski definition) is 3. The Hall–Kier alpha value is -4.02. The van der Waals surface area contributed by atoms with Crippen molar-refractivity contribution >= 4 is 28.5 Å². The summed E-state index contributed by atoms with van der Waals surface area (Å²) >= 11 is 0. The van der Waals surface area contributed by atoms with Crippen LogP contribution in [0.25, 0.3) is 10.9 Å². The zero-order chi connectivity index (χ0) is 21.5. The molecule has 0 atom stereocenters. The van der Waals surface area contributed by atoms with Crippen molar-refractivity contribution in [3.05, 3.63) is 71.2 Å². The summed E-state index contributed by atoms with van der Waals surface area (Å²) in [6, 6.07) is 7.22. The predicted molar refractivity (Wildman–Crippen MR) is 100 cm³/mol. The molecule has 4 aromatic rings. The molecule has 30 heavy (non-hydrogen) atoms. The number of aromatic carboxylic acids is 1. The van der Waals surface area contributed by atoms with Crippen LogP contribution < -0.4 is 5.32 Å². The maximum Gasteiger partial charge on any atom is 0.348 e. The van der Waals surface area contributed by atoms with Crippen LogP contribution >= 0.6 is 0 Å². The average molecular weight is 414 g/mol. The Labute approximate surface area is 166 Å². The fraction of sp³-hybridized carbons (Fsp3) is 0.105. The van der Waals surface area contributed by atoms with Gasteiger partial charge in [-0.05, 0) is 37.3 Å². The molecule has 0 saturated carbocycles. The van der Waals surface area contributed by atoms with Gasteiger partial charge in [0, 0.05) is 17.1 Å². The van der Waals surface area contributed by atoms with Gasteiger partial charge in [-0.2, -0.15) is 13.9 Å². The van der Waals surface area contributed by atoms with E-state index in [1.165, 1.54) is 12.1 Å². The van der Waals surface area contributed by atoms with E-state index in [-0.39, 0.29) is 16.9 Å². The largest absolute Gasteiger partial charge is 0.478 e. The number of aromatic amines is 1. The number of hydrogen-bond acceptors (Lipinski definition) is 6. The summed E-state index contributed by atoms with van der Waals surface area (Å²) in [4.78, 5) is 22.5. The molecule has 0 radical (unpaired) electrons. The molecule has 0 aliphatic heterocycles. The minimum absolute atomic E-state index is 0.000209. The molecule has 0 amide bonds. The van der Waals surface area contributed by atoms with Crippen molar-refractivity contribution in [2.24, 2.45) is 0 Å². The highest BCUT2D eigenvalue weighted by Gasteiger charge is 2.40. The van der Waals surface area contributed by atoms with Gasteiger partial charge in [0.05, 0.1) is 17.3 Å². The Balaban J connectivity index is 1.90. The number of rotatable bonds is 5. The number of alkyl halides is 2. The summed E-state index contributed by atoms with van der Waals surface area (Å²) in [6.45, 7) is 1.76. The molecule has 3 N–H and O–H groups in total. The van der Waals surface area contributed by atoms with Crippen molar-refractivity contribution in [2.45, 2.75) is 12.8 Å². The third kappa shape index (κ3) is 3.52. The van der Waals surface area contributed by atoms with Crippen LogP contribution in [0.3, 0.4) is 0 Å².